The maximum Gasteiger partial charge on any atom is 0.226 e. The Balaban J connectivity index is 2.49. The highest BCUT2D eigenvalue weighted by Crippen LogP contribution is 2.27. The van der Waals surface area contributed by atoms with E-state index in [1.807, 2.05) is 7.05 Å². The largest absolute Gasteiger partial charge is 0.338 e. The van der Waals surface area contributed by atoms with Gasteiger partial charge in [-0.05, 0) is 44.6 Å². The minimum absolute atomic E-state index is 0.0428. The quantitative estimate of drug-likeness (QED) is 0.790. The lowest BCUT2D eigenvalue weighted by molar-refractivity contribution is -0.131. The predicted molar refractivity (Wildman–Crippen MR) is 101 cm³/mol. The van der Waals surface area contributed by atoms with Crippen molar-refractivity contribution >= 4 is 17.5 Å². The van der Waals surface area contributed by atoms with Crippen molar-refractivity contribution in [3.8, 4) is 0 Å². The predicted octanol–water partition coefficient (Wildman–Crippen LogP) is 3.17. The number of carbonyl (C=O) groups excluding carboxylic acids is 2. The summed E-state index contributed by atoms with van der Waals surface area (Å²) in [5, 5.41) is 0. The molecule has 0 bridgehead atoms. The number of hydrogen-bond acceptors (Lipinski definition) is 3. The van der Waals surface area contributed by atoms with Gasteiger partial charge in [-0.2, -0.15) is 0 Å². The van der Waals surface area contributed by atoms with Crippen molar-refractivity contribution in [1.29, 1.82) is 0 Å². The number of amides is 2. The number of benzene rings is 1. The average Bonchev–Trinajstić information content (AvgIpc) is 2.65. The summed E-state index contributed by atoms with van der Waals surface area (Å²) in [4.78, 5) is 30.2. The number of rotatable bonds is 2. The minimum Gasteiger partial charge on any atom is -0.338 e. The van der Waals surface area contributed by atoms with Gasteiger partial charge in [-0.1, -0.05) is 13.8 Å². The van der Waals surface area contributed by atoms with Crippen molar-refractivity contribution in [2.24, 2.45) is 0 Å². The molecule has 2 amide bonds. The van der Waals surface area contributed by atoms with Crippen LogP contribution in [0.3, 0.4) is 0 Å². The third kappa shape index (κ3) is 5.48. The van der Waals surface area contributed by atoms with Crippen LogP contribution in [-0.4, -0.2) is 54.8 Å². The molecule has 0 aromatic heterocycles. The lowest BCUT2D eigenvalue weighted by Gasteiger charge is -2.30. The van der Waals surface area contributed by atoms with Gasteiger partial charge in [0.2, 0.25) is 11.8 Å². The second-order valence-electron chi connectivity index (χ2n) is 6.97. The van der Waals surface area contributed by atoms with Crippen LogP contribution in [0.4, 0.5) is 14.5 Å². The van der Waals surface area contributed by atoms with E-state index in [1.54, 1.807) is 18.7 Å². The van der Waals surface area contributed by atoms with Gasteiger partial charge in [-0.3, -0.25) is 9.59 Å². The third-order valence-electron chi connectivity index (χ3n) is 4.92. The van der Waals surface area contributed by atoms with Gasteiger partial charge in [0.15, 0.2) is 11.6 Å². The van der Waals surface area contributed by atoms with Crippen LogP contribution in [0.1, 0.15) is 45.1 Å². The van der Waals surface area contributed by atoms with Gasteiger partial charge in [0, 0.05) is 38.5 Å². The molecular weight excluding hydrogens is 352 g/mol. The van der Waals surface area contributed by atoms with E-state index in [0.29, 0.717) is 30.8 Å². The Hall–Kier alpha value is -2.02. The van der Waals surface area contributed by atoms with Crippen LogP contribution in [0.25, 0.3) is 0 Å². The molecule has 150 valence electrons. The molecule has 5 nitrogen and oxygen atoms in total. The van der Waals surface area contributed by atoms with Crippen LogP contribution in [0.15, 0.2) is 12.1 Å². The summed E-state index contributed by atoms with van der Waals surface area (Å²) in [6.45, 7) is 6.28. The topological polar surface area (TPSA) is 43.9 Å². The smallest absolute Gasteiger partial charge is 0.226 e. The third-order valence-corrected chi connectivity index (χ3v) is 4.92. The van der Waals surface area contributed by atoms with E-state index in [2.05, 4.69) is 4.90 Å². The highest BCUT2D eigenvalue weighted by atomic mass is 19.2. The Morgan fingerprint density at radius 1 is 0.926 bits per heavy atom. The molecule has 0 spiro atoms. The number of anilines is 1. The van der Waals surface area contributed by atoms with Crippen LogP contribution in [0.5, 0.6) is 0 Å². The molecule has 0 N–H and O–H groups in total. The fourth-order valence-electron chi connectivity index (χ4n) is 3.39. The number of carbonyl (C=O) groups is 2. The van der Waals surface area contributed by atoms with Gasteiger partial charge in [0.1, 0.15) is 0 Å². The Labute approximate surface area is 159 Å². The van der Waals surface area contributed by atoms with Crippen LogP contribution >= 0.6 is 0 Å². The SMILES string of the molecule is CCC(=O)N1CCCN(C)CCCN(C(=O)CC)c2cc(F)c(F)cc2C1. The van der Waals surface area contributed by atoms with E-state index in [0.717, 1.165) is 38.1 Å². The first-order valence-corrected chi connectivity index (χ1v) is 9.61. The maximum atomic E-state index is 14.0. The molecule has 0 atom stereocenters. The zero-order valence-electron chi connectivity index (χ0n) is 16.4. The standard InChI is InChI=1S/C20H29F2N3O2/c1-4-19(26)24-10-6-8-23(3)9-7-11-25(20(27)5-2)18-13-17(22)16(21)12-15(18)14-24/h12-13H,4-11,14H2,1-3H3. The van der Waals surface area contributed by atoms with E-state index in [1.165, 1.54) is 4.90 Å². The van der Waals surface area contributed by atoms with Gasteiger partial charge < -0.3 is 14.7 Å². The fourth-order valence-corrected chi connectivity index (χ4v) is 3.39. The molecule has 1 aliphatic rings. The van der Waals surface area contributed by atoms with Crippen molar-refractivity contribution < 1.29 is 18.4 Å². The zero-order chi connectivity index (χ0) is 20.0. The van der Waals surface area contributed by atoms with E-state index in [9.17, 15) is 18.4 Å². The zero-order valence-corrected chi connectivity index (χ0v) is 16.4. The fraction of sp³-hybridized carbons (Fsp3) is 0.600. The number of halogens is 2. The molecule has 0 radical (unpaired) electrons. The van der Waals surface area contributed by atoms with Gasteiger partial charge in [0.05, 0.1) is 5.69 Å². The van der Waals surface area contributed by atoms with Crippen molar-refractivity contribution in [2.45, 2.75) is 46.1 Å². The number of nitrogens with zero attached hydrogens (tertiary/aromatic N) is 3. The molecule has 0 saturated carbocycles. The summed E-state index contributed by atoms with van der Waals surface area (Å²) in [6.07, 6.45) is 2.15. The molecule has 1 aromatic carbocycles. The summed E-state index contributed by atoms with van der Waals surface area (Å²) in [5.41, 5.74) is 0.823. The first kappa shape index (κ1) is 21.3. The second kappa shape index (κ2) is 9.78. The normalized spacial score (nSPS) is 17.1. The number of fused-ring (bicyclic) bond motifs is 1. The molecule has 0 aliphatic carbocycles. The van der Waals surface area contributed by atoms with Crippen LogP contribution in [0.2, 0.25) is 0 Å². The molecule has 0 unspecified atom stereocenters. The molecule has 27 heavy (non-hydrogen) atoms. The van der Waals surface area contributed by atoms with Gasteiger partial charge in [-0.25, -0.2) is 8.78 Å². The molecular formula is C20H29F2N3O2. The average molecular weight is 381 g/mol. The molecule has 2 rings (SSSR count). The maximum absolute atomic E-state index is 14.0. The highest BCUT2D eigenvalue weighted by Gasteiger charge is 2.23. The van der Waals surface area contributed by atoms with Crippen molar-refractivity contribution in [2.75, 3.05) is 38.1 Å². The van der Waals surface area contributed by atoms with Gasteiger partial charge >= 0.3 is 0 Å². The Kier molecular flexibility index (Phi) is 7.71. The van der Waals surface area contributed by atoms with Crippen LogP contribution < -0.4 is 4.90 Å². The summed E-state index contributed by atoms with van der Waals surface area (Å²) in [5.74, 6) is -2.14. The molecule has 1 heterocycles. The monoisotopic (exact) mass is 381 g/mol. The van der Waals surface area contributed by atoms with E-state index >= 15 is 0 Å². The highest BCUT2D eigenvalue weighted by molar-refractivity contribution is 5.94. The Morgan fingerprint density at radius 2 is 1.52 bits per heavy atom. The van der Waals surface area contributed by atoms with Gasteiger partial charge in [0.25, 0.3) is 0 Å². The van der Waals surface area contributed by atoms with E-state index in [-0.39, 0.29) is 24.8 Å². The van der Waals surface area contributed by atoms with E-state index in [4.69, 9.17) is 0 Å². The Morgan fingerprint density at radius 3 is 2.15 bits per heavy atom. The summed E-state index contributed by atoms with van der Waals surface area (Å²) in [7, 11) is 2.01. The number of hydrogen-bond donors (Lipinski definition) is 0. The molecule has 0 fully saturated rings. The van der Waals surface area contributed by atoms with Gasteiger partial charge in [-0.15, -0.1) is 0 Å². The van der Waals surface area contributed by atoms with Crippen molar-refractivity contribution in [3.05, 3.63) is 29.3 Å². The first-order valence-electron chi connectivity index (χ1n) is 9.61. The van der Waals surface area contributed by atoms with Crippen molar-refractivity contribution in [3.63, 3.8) is 0 Å². The lowest BCUT2D eigenvalue weighted by atomic mass is 10.1. The van der Waals surface area contributed by atoms with Crippen molar-refractivity contribution in [1.82, 2.24) is 9.80 Å². The summed E-state index contributed by atoms with van der Waals surface area (Å²) in [6, 6.07) is 2.21. The summed E-state index contributed by atoms with van der Waals surface area (Å²) >= 11 is 0. The minimum atomic E-state index is -0.986. The molecule has 0 saturated heterocycles. The molecule has 1 aromatic rings. The Bertz CT molecular complexity index is 681. The molecule has 1 aliphatic heterocycles. The van der Waals surface area contributed by atoms with Crippen LogP contribution in [-0.2, 0) is 16.1 Å². The lowest BCUT2D eigenvalue weighted by Crippen LogP contribution is -2.38. The van der Waals surface area contributed by atoms with Crippen LogP contribution in [0, 0.1) is 11.6 Å². The summed E-state index contributed by atoms with van der Waals surface area (Å²) < 4.78 is 27.9. The molecule has 7 heteroatoms. The first-order chi connectivity index (χ1) is 12.9. The second-order valence-corrected chi connectivity index (χ2v) is 6.97. The van der Waals surface area contributed by atoms with E-state index < -0.39 is 11.6 Å².